The monoisotopic (exact) mass is 285 g/mol. The van der Waals surface area contributed by atoms with E-state index in [4.69, 9.17) is 9.31 Å². The zero-order chi connectivity index (χ0) is 15.1. The van der Waals surface area contributed by atoms with Crippen LogP contribution in [0.15, 0.2) is 30.6 Å². The maximum absolute atomic E-state index is 6.20. The lowest BCUT2D eigenvalue weighted by Crippen LogP contribution is -2.41. The Morgan fingerprint density at radius 2 is 1.90 bits per heavy atom. The van der Waals surface area contributed by atoms with Gasteiger partial charge in [0.2, 0.25) is 0 Å². The third-order valence-corrected chi connectivity index (χ3v) is 5.05. The summed E-state index contributed by atoms with van der Waals surface area (Å²) < 4.78 is 12.4. The van der Waals surface area contributed by atoms with Crippen LogP contribution >= 0.6 is 0 Å². The summed E-state index contributed by atoms with van der Waals surface area (Å²) in [5, 5.41) is 0. The Labute approximate surface area is 127 Å². The average Bonchev–Trinajstić information content (AvgIpc) is 2.68. The van der Waals surface area contributed by atoms with Crippen LogP contribution in [0.5, 0.6) is 0 Å². The van der Waals surface area contributed by atoms with E-state index in [9.17, 15) is 0 Å². The zero-order valence-corrected chi connectivity index (χ0v) is 13.4. The lowest BCUT2D eigenvalue weighted by molar-refractivity contribution is 0.00578. The topological polar surface area (TPSA) is 31.4 Å². The zero-order valence-electron chi connectivity index (χ0n) is 13.4. The molecule has 0 bridgehead atoms. The van der Waals surface area contributed by atoms with E-state index >= 15 is 0 Å². The second-order valence-corrected chi connectivity index (χ2v) is 7.06. The van der Waals surface area contributed by atoms with Gasteiger partial charge in [-0.25, -0.2) is 0 Å². The second kappa shape index (κ2) is 5.26. The fourth-order valence-corrected chi connectivity index (χ4v) is 2.99. The molecule has 1 aliphatic carbocycles. The van der Waals surface area contributed by atoms with Crippen LogP contribution < -0.4 is 5.46 Å². The Kier molecular flexibility index (Phi) is 3.70. The maximum atomic E-state index is 6.20. The fourth-order valence-electron chi connectivity index (χ4n) is 2.99. The second-order valence-electron chi connectivity index (χ2n) is 7.06. The normalized spacial score (nSPS) is 27.0. The van der Waals surface area contributed by atoms with Crippen molar-refractivity contribution in [2.24, 2.45) is 0 Å². The molecule has 2 aliphatic rings. The molecule has 0 N–H and O–H groups in total. The summed E-state index contributed by atoms with van der Waals surface area (Å²) in [4.78, 5) is 4.30. The molecule has 1 fully saturated rings. The van der Waals surface area contributed by atoms with Gasteiger partial charge in [-0.2, -0.15) is 0 Å². The molecular weight excluding hydrogens is 261 g/mol. The van der Waals surface area contributed by atoms with Crippen LogP contribution in [0.25, 0.3) is 0 Å². The molecule has 2 heterocycles. The number of aromatic nitrogens is 1. The van der Waals surface area contributed by atoms with Gasteiger partial charge in [-0.1, -0.05) is 12.2 Å². The summed E-state index contributed by atoms with van der Waals surface area (Å²) in [5.41, 5.74) is 1.74. The predicted octanol–water partition coefficient (Wildman–Crippen LogP) is 3.20. The van der Waals surface area contributed by atoms with Crippen molar-refractivity contribution in [1.29, 1.82) is 0 Å². The Hall–Kier alpha value is -1.13. The smallest absolute Gasteiger partial charge is 0.399 e. The molecule has 1 atom stereocenters. The van der Waals surface area contributed by atoms with Crippen molar-refractivity contribution in [2.45, 2.75) is 64.1 Å². The third-order valence-electron chi connectivity index (χ3n) is 5.05. The van der Waals surface area contributed by atoms with Gasteiger partial charge in [0.25, 0.3) is 0 Å². The van der Waals surface area contributed by atoms with Crippen molar-refractivity contribution < 1.29 is 9.31 Å². The maximum Gasteiger partial charge on any atom is 0.496 e. The van der Waals surface area contributed by atoms with Crippen LogP contribution in [0, 0.1) is 0 Å². The summed E-state index contributed by atoms with van der Waals surface area (Å²) in [6.07, 6.45) is 12.0. The van der Waals surface area contributed by atoms with Gasteiger partial charge in [-0.05, 0) is 58.6 Å². The van der Waals surface area contributed by atoms with E-state index < -0.39 is 0 Å². The lowest BCUT2D eigenvalue weighted by atomic mass is 9.72. The first-order chi connectivity index (χ1) is 9.91. The molecule has 0 aromatic carbocycles. The van der Waals surface area contributed by atoms with Crippen LogP contribution in [0.4, 0.5) is 0 Å². The van der Waals surface area contributed by atoms with Crippen LogP contribution in [0.2, 0.25) is 0 Å². The number of hydrogen-bond donors (Lipinski definition) is 0. The Balaban J connectivity index is 1.93. The van der Waals surface area contributed by atoms with Crippen LogP contribution in [-0.2, 0) is 9.31 Å². The summed E-state index contributed by atoms with van der Waals surface area (Å²) in [6.45, 7) is 8.35. The first kappa shape index (κ1) is 14.8. The number of hydrogen-bond acceptors (Lipinski definition) is 3. The summed E-state index contributed by atoms with van der Waals surface area (Å²) >= 11 is 0. The highest BCUT2D eigenvalue weighted by atomic mass is 16.7. The molecule has 3 nitrogen and oxygen atoms in total. The van der Waals surface area contributed by atoms with Gasteiger partial charge >= 0.3 is 7.12 Å². The molecule has 1 aromatic heterocycles. The molecule has 1 aromatic rings. The van der Waals surface area contributed by atoms with E-state index in [2.05, 4.69) is 50.9 Å². The Bertz CT molecular complexity index is 537. The van der Waals surface area contributed by atoms with Crippen molar-refractivity contribution in [2.75, 3.05) is 0 Å². The first-order valence-corrected chi connectivity index (χ1v) is 7.87. The minimum absolute atomic E-state index is 0.312. The summed E-state index contributed by atoms with van der Waals surface area (Å²) in [6, 6.07) is 2.11. The van der Waals surface area contributed by atoms with Crippen molar-refractivity contribution in [3.8, 4) is 0 Å². The number of nitrogens with zero attached hydrogens (tertiary/aromatic N) is 1. The van der Waals surface area contributed by atoms with Gasteiger partial charge in [0, 0.05) is 23.8 Å². The molecule has 0 radical (unpaired) electrons. The van der Waals surface area contributed by atoms with E-state index in [1.807, 2.05) is 12.4 Å². The molecule has 0 saturated carbocycles. The Morgan fingerprint density at radius 1 is 1.19 bits per heavy atom. The van der Waals surface area contributed by atoms with Gasteiger partial charge in [0.1, 0.15) is 0 Å². The van der Waals surface area contributed by atoms with Crippen molar-refractivity contribution in [3.63, 3.8) is 0 Å². The third kappa shape index (κ3) is 2.67. The van der Waals surface area contributed by atoms with Crippen molar-refractivity contribution in [3.05, 3.63) is 36.2 Å². The van der Waals surface area contributed by atoms with Gasteiger partial charge in [0.05, 0.1) is 11.2 Å². The van der Waals surface area contributed by atoms with Crippen LogP contribution in [0.1, 0.15) is 58.4 Å². The molecule has 4 heteroatoms. The highest BCUT2D eigenvalue weighted by Crippen LogP contribution is 2.37. The number of pyridine rings is 1. The molecule has 1 aliphatic heterocycles. The van der Waals surface area contributed by atoms with Gasteiger partial charge in [-0.15, -0.1) is 0 Å². The molecule has 0 amide bonds. The molecule has 112 valence electrons. The number of rotatable bonds is 2. The van der Waals surface area contributed by atoms with Crippen LogP contribution in [0.3, 0.4) is 0 Å². The summed E-state index contributed by atoms with van der Waals surface area (Å²) in [5.74, 6) is 0.454. The molecule has 0 spiro atoms. The molecule has 1 saturated heterocycles. The largest absolute Gasteiger partial charge is 0.496 e. The number of allylic oxidation sites excluding steroid dienone is 2. The average molecular weight is 285 g/mol. The lowest BCUT2D eigenvalue weighted by Gasteiger charge is -2.32. The molecule has 21 heavy (non-hydrogen) atoms. The first-order valence-electron chi connectivity index (χ1n) is 7.87. The minimum atomic E-state index is -0.325. The summed E-state index contributed by atoms with van der Waals surface area (Å²) in [7, 11) is -0.325. The minimum Gasteiger partial charge on any atom is -0.399 e. The van der Waals surface area contributed by atoms with Gasteiger partial charge in [-0.3, -0.25) is 4.98 Å². The van der Waals surface area contributed by atoms with E-state index in [1.165, 1.54) is 24.8 Å². The highest BCUT2D eigenvalue weighted by Gasteiger charge is 2.52. The van der Waals surface area contributed by atoms with E-state index in [-0.39, 0.29) is 18.3 Å². The van der Waals surface area contributed by atoms with Gasteiger partial charge in [0.15, 0.2) is 0 Å². The van der Waals surface area contributed by atoms with E-state index in [0.29, 0.717) is 5.92 Å². The highest BCUT2D eigenvalue weighted by molar-refractivity contribution is 6.62. The van der Waals surface area contributed by atoms with Crippen LogP contribution in [-0.4, -0.2) is 23.3 Å². The SMILES string of the molecule is CC1(C)OB(c2cnccc2[C@@H]2C=CCCC2)OC1(C)C. The predicted molar refractivity (Wildman–Crippen MR) is 85.7 cm³/mol. The quantitative estimate of drug-likeness (QED) is 0.617. The molecule has 3 rings (SSSR count). The van der Waals surface area contributed by atoms with Crippen molar-refractivity contribution in [1.82, 2.24) is 4.98 Å². The van der Waals surface area contributed by atoms with E-state index in [1.54, 1.807) is 0 Å². The van der Waals surface area contributed by atoms with Gasteiger partial charge < -0.3 is 9.31 Å². The van der Waals surface area contributed by atoms with Crippen molar-refractivity contribution >= 4 is 12.6 Å². The standard InChI is InChI=1S/C17H24BNO2/c1-16(2)17(3,4)21-18(20-16)15-12-19-11-10-14(15)13-8-6-5-7-9-13/h6,8,10-13H,5,7,9H2,1-4H3/t13-/m1/s1. The molecule has 0 unspecified atom stereocenters. The molecular formula is C17H24BNO2. The Morgan fingerprint density at radius 3 is 2.52 bits per heavy atom. The fraction of sp³-hybridized carbons (Fsp3) is 0.588. The van der Waals surface area contributed by atoms with E-state index in [0.717, 1.165) is 5.46 Å².